The smallest absolute Gasteiger partial charge is 0.353 e. The van der Waals surface area contributed by atoms with Crippen molar-refractivity contribution in [3.8, 4) is 0 Å². The fraction of sp³-hybridized carbons (Fsp3) is 0.600. The summed E-state index contributed by atoms with van der Waals surface area (Å²) < 4.78 is 37.5. The van der Waals surface area contributed by atoms with Crippen LogP contribution in [-0.4, -0.2) is 54.0 Å². The van der Waals surface area contributed by atoms with Gasteiger partial charge in [0.15, 0.2) is 5.82 Å². The zero-order valence-corrected chi connectivity index (χ0v) is 11.6. The monoisotopic (exact) mass is 372 g/mol. The van der Waals surface area contributed by atoms with E-state index in [2.05, 4.69) is 32.8 Å². The molecule has 0 aliphatic carbocycles. The van der Waals surface area contributed by atoms with Crippen LogP contribution in [0.15, 0.2) is 12.1 Å². The maximum Gasteiger partial charge on any atom is 0.401 e. The summed E-state index contributed by atoms with van der Waals surface area (Å²) in [5.74, 6) is 0.724. The third-order valence-corrected chi connectivity index (χ3v) is 3.29. The highest BCUT2D eigenvalue weighted by molar-refractivity contribution is 14.1. The molecule has 8 heteroatoms. The third kappa shape index (κ3) is 3.94. The first-order valence-corrected chi connectivity index (χ1v) is 6.55. The van der Waals surface area contributed by atoms with E-state index in [1.807, 2.05) is 17.0 Å². The third-order valence-electron chi connectivity index (χ3n) is 2.72. The van der Waals surface area contributed by atoms with Gasteiger partial charge in [0.05, 0.1) is 6.54 Å². The average Bonchev–Trinajstić information content (AvgIpc) is 2.29. The SMILES string of the molecule is FC(F)(F)CN1CCN(c2ccc(I)nn2)CC1. The van der Waals surface area contributed by atoms with Crippen molar-refractivity contribution in [2.45, 2.75) is 6.18 Å². The van der Waals surface area contributed by atoms with Crippen LogP contribution < -0.4 is 4.90 Å². The fourth-order valence-electron chi connectivity index (χ4n) is 1.87. The number of hydrogen-bond acceptors (Lipinski definition) is 4. The molecule has 1 aliphatic rings. The van der Waals surface area contributed by atoms with E-state index < -0.39 is 12.7 Å². The molecule has 100 valence electrons. The minimum atomic E-state index is -4.12. The van der Waals surface area contributed by atoms with Crippen LogP contribution in [0.25, 0.3) is 0 Å². The van der Waals surface area contributed by atoms with Crippen molar-refractivity contribution in [1.82, 2.24) is 15.1 Å². The zero-order chi connectivity index (χ0) is 13.2. The van der Waals surface area contributed by atoms with Crippen molar-refractivity contribution in [2.24, 2.45) is 0 Å². The van der Waals surface area contributed by atoms with Gasteiger partial charge in [-0.3, -0.25) is 4.90 Å². The standard InChI is InChI=1S/C10H12F3IN4/c11-10(12,13)7-17-3-5-18(6-4-17)9-2-1-8(14)15-16-9/h1-2H,3-7H2. The number of halogens is 4. The second-order valence-electron chi connectivity index (χ2n) is 4.09. The molecule has 0 unspecified atom stereocenters. The van der Waals surface area contributed by atoms with E-state index in [1.165, 1.54) is 4.90 Å². The van der Waals surface area contributed by atoms with Crippen molar-refractivity contribution in [3.05, 3.63) is 15.8 Å². The Hall–Kier alpha value is -0.640. The topological polar surface area (TPSA) is 32.3 Å². The van der Waals surface area contributed by atoms with Gasteiger partial charge in [0.1, 0.15) is 3.70 Å². The molecule has 0 radical (unpaired) electrons. The van der Waals surface area contributed by atoms with Crippen molar-refractivity contribution in [2.75, 3.05) is 37.6 Å². The second-order valence-corrected chi connectivity index (χ2v) is 5.20. The zero-order valence-electron chi connectivity index (χ0n) is 9.49. The lowest BCUT2D eigenvalue weighted by molar-refractivity contribution is -0.146. The van der Waals surface area contributed by atoms with Gasteiger partial charge in [0, 0.05) is 26.2 Å². The van der Waals surface area contributed by atoms with Gasteiger partial charge in [0.2, 0.25) is 0 Å². The normalized spacial score (nSPS) is 18.1. The first kappa shape index (κ1) is 13.8. The lowest BCUT2D eigenvalue weighted by Crippen LogP contribution is -2.49. The number of nitrogens with zero attached hydrogens (tertiary/aromatic N) is 4. The highest BCUT2D eigenvalue weighted by Gasteiger charge is 2.32. The van der Waals surface area contributed by atoms with Crippen LogP contribution in [0.3, 0.4) is 0 Å². The molecule has 0 amide bonds. The van der Waals surface area contributed by atoms with Crippen LogP contribution in [0.5, 0.6) is 0 Å². The van der Waals surface area contributed by atoms with E-state index in [0.717, 1.165) is 9.52 Å². The fourth-order valence-corrected chi connectivity index (χ4v) is 2.15. The molecular weight excluding hydrogens is 360 g/mol. The summed E-state index contributed by atoms with van der Waals surface area (Å²) in [6, 6.07) is 3.68. The summed E-state index contributed by atoms with van der Waals surface area (Å²) in [4.78, 5) is 3.37. The number of hydrogen-bond donors (Lipinski definition) is 0. The highest BCUT2D eigenvalue weighted by Crippen LogP contribution is 2.19. The molecule has 2 heterocycles. The molecule has 1 fully saturated rings. The summed E-state index contributed by atoms with van der Waals surface area (Å²) in [5.41, 5.74) is 0. The van der Waals surface area contributed by atoms with Crippen LogP contribution in [0.1, 0.15) is 0 Å². The van der Waals surface area contributed by atoms with Crippen LogP contribution in [-0.2, 0) is 0 Å². The van der Waals surface area contributed by atoms with Gasteiger partial charge in [-0.25, -0.2) is 0 Å². The number of alkyl halides is 3. The second kappa shape index (κ2) is 5.55. The molecule has 1 saturated heterocycles. The minimum Gasteiger partial charge on any atom is -0.353 e. The van der Waals surface area contributed by atoms with Crippen LogP contribution >= 0.6 is 22.6 Å². The molecule has 0 atom stereocenters. The lowest BCUT2D eigenvalue weighted by Gasteiger charge is -2.35. The van der Waals surface area contributed by atoms with Gasteiger partial charge >= 0.3 is 6.18 Å². The Balaban J connectivity index is 1.88. The number of rotatable bonds is 2. The van der Waals surface area contributed by atoms with Gasteiger partial charge in [0.25, 0.3) is 0 Å². The molecule has 0 spiro atoms. The van der Waals surface area contributed by atoms with E-state index in [1.54, 1.807) is 0 Å². The largest absolute Gasteiger partial charge is 0.401 e. The van der Waals surface area contributed by atoms with Gasteiger partial charge in [-0.2, -0.15) is 13.2 Å². The number of piperazine rings is 1. The predicted molar refractivity (Wildman–Crippen MR) is 69.5 cm³/mol. The molecule has 4 nitrogen and oxygen atoms in total. The Morgan fingerprint density at radius 1 is 1.11 bits per heavy atom. The van der Waals surface area contributed by atoms with Crippen molar-refractivity contribution >= 4 is 28.4 Å². The van der Waals surface area contributed by atoms with Crippen molar-refractivity contribution in [1.29, 1.82) is 0 Å². The molecule has 0 bridgehead atoms. The van der Waals surface area contributed by atoms with Crippen LogP contribution in [0.2, 0.25) is 0 Å². The summed E-state index contributed by atoms with van der Waals surface area (Å²) in [7, 11) is 0. The van der Waals surface area contributed by atoms with Crippen LogP contribution in [0, 0.1) is 3.70 Å². The van der Waals surface area contributed by atoms with E-state index in [9.17, 15) is 13.2 Å². The molecule has 1 aliphatic heterocycles. The van der Waals surface area contributed by atoms with Crippen molar-refractivity contribution < 1.29 is 13.2 Å². The molecule has 0 aromatic carbocycles. The van der Waals surface area contributed by atoms with Crippen LogP contribution in [0.4, 0.5) is 19.0 Å². The molecule has 18 heavy (non-hydrogen) atoms. The van der Waals surface area contributed by atoms with Gasteiger partial charge in [-0.15, -0.1) is 10.2 Å². The van der Waals surface area contributed by atoms with E-state index >= 15 is 0 Å². The Kier molecular flexibility index (Phi) is 4.25. The molecule has 2 rings (SSSR count). The summed E-state index contributed by atoms with van der Waals surface area (Å²) in [6.07, 6.45) is -4.12. The van der Waals surface area contributed by atoms with Gasteiger partial charge < -0.3 is 4.90 Å². The Labute approximate surface area is 116 Å². The molecular formula is C10H12F3IN4. The number of anilines is 1. The summed E-state index contributed by atoms with van der Waals surface area (Å²) in [6.45, 7) is 1.05. The predicted octanol–water partition coefficient (Wildman–Crippen LogP) is 1.77. The quantitative estimate of drug-likeness (QED) is 0.741. The van der Waals surface area contributed by atoms with E-state index in [0.29, 0.717) is 26.2 Å². The maximum absolute atomic E-state index is 12.2. The van der Waals surface area contributed by atoms with E-state index in [-0.39, 0.29) is 0 Å². The molecule has 1 aromatic rings. The van der Waals surface area contributed by atoms with E-state index in [4.69, 9.17) is 0 Å². The summed E-state index contributed by atoms with van der Waals surface area (Å²) >= 11 is 2.06. The summed E-state index contributed by atoms with van der Waals surface area (Å²) in [5, 5.41) is 7.96. The lowest BCUT2D eigenvalue weighted by atomic mass is 10.3. The molecule has 0 saturated carbocycles. The Bertz CT molecular complexity index is 387. The highest BCUT2D eigenvalue weighted by atomic mass is 127. The minimum absolute atomic E-state index is 0.396. The number of aromatic nitrogens is 2. The average molecular weight is 372 g/mol. The first-order chi connectivity index (χ1) is 8.44. The first-order valence-electron chi connectivity index (χ1n) is 5.47. The Morgan fingerprint density at radius 3 is 2.28 bits per heavy atom. The molecule has 0 N–H and O–H groups in total. The van der Waals surface area contributed by atoms with Crippen molar-refractivity contribution in [3.63, 3.8) is 0 Å². The van der Waals surface area contributed by atoms with Gasteiger partial charge in [-0.1, -0.05) is 0 Å². The maximum atomic E-state index is 12.2. The Morgan fingerprint density at radius 2 is 1.78 bits per heavy atom. The van der Waals surface area contributed by atoms with Gasteiger partial charge in [-0.05, 0) is 34.7 Å². The molecule has 1 aromatic heterocycles.